The van der Waals surface area contributed by atoms with Gasteiger partial charge in [0.25, 0.3) is 0 Å². The lowest BCUT2D eigenvalue weighted by atomic mass is 10.1. The molecular formula is C9H21N3OS. The Kier molecular flexibility index (Phi) is 6.74. The molecule has 0 radical (unpaired) electrons. The monoisotopic (exact) mass is 219 g/mol. The van der Waals surface area contributed by atoms with Crippen molar-refractivity contribution in [2.45, 2.75) is 25.9 Å². The van der Waals surface area contributed by atoms with Crippen LogP contribution in [-0.4, -0.2) is 41.8 Å². The summed E-state index contributed by atoms with van der Waals surface area (Å²) in [5.74, 6) is 1.07. The average Bonchev–Trinajstić information content (AvgIpc) is 2.11. The largest absolute Gasteiger partial charge is 0.387 e. The Morgan fingerprint density at radius 1 is 1.64 bits per heavy atom. The molecule has 0 aliphatic heterocycles. The van der Waals surface area contributed by atoms with E-state index >= 15 is 0 Å². The third-order valence-corrected chi connectivity index (χ3v) is 2.51. The molecule has 0 aromatic heterocycles. The fourth-order valence-corrected chi connectivity index (χ4v) is 1.63. The number of thioether (sulfide) groups is 1. The molecule has 0 aliphatic rings. The maximum absolute atomic E-state index is 9.78. The predicted octanol–water partition coefficient (Wildman–Crippen LogP) is 0.415. The topological polar surface area (TPSA) is 70.6 Å². The quantitative estimate of drug-likeness (QED) is 0.447. The van der Waals surface area contributed by atoms with Crippen LogP contribution in [0.25, 0.3) is 0 Å². The average molecular weight is 219 g/mol. The van der Waals surface area contributed by atoms with Gasteiger partial charge in [0.1, 0.15) is 0 Å². The van der Waals surface area contributed by atoms with Gasteiger partial charge in [0.15, 0.2) is 5.96 Å². The number of nitrogens with zero attached hydrogens (tertiary/aromatic N) is 1. The van der Waals surface area contributed by atoms with Gasteiger partial charge in [-0.3, -0.25) is 4.99 Å². The molecular weight excluding hydrogens is 198 g/mol. The maximum atomic E-state index is 9.78. The minimum Gasteiger partial charge on any atom is -0.387 e. The molecule has 0 saturated carbocycles. The lowest BCUT2D eigenvalue weighted by molar-refractivity contribution is 0.0955. The first-order valence-electron chi connectivity index (χ1n) is 4.77. The van der Waals surface area contributed by atoms with Gasteiger partial charge in [0, 0.05) is 12.3 Å². The molecule has 14 heavy (non-hydrogen) atoms. The van der Waals surface area contributed by atoms with E-state index in [0.717, 1.165) is 13.0 Å². The zero-order valence-electron chi connectivity index (χ0n) is 9.21. The number of nitrogens with two attached hydrogens (primary N) is 1. The number of rotatable bonds is 6. The van der Waals surface area contributed by atoms with Gasteiger partial charge in [-0.15, -0.1) is 0 Å². The van der Waals surface area contributed by atoms with Gasteiger partial charge < -0.3 is 16.2 Å². The summed E-state index contributed by atoms with van der Waals surface area (Å²) in [6.45, 7) is 4.99. The van der Waals surface area contributed by atoms with Crippen molar-refractivity contribution >= 4 is 17.7 Å². The first-order valence-corrected chi connectivity index (χ1v) is 6.16. The molecule has 0 bridgehead atoms. The van der Waals surface area contributed by atoms with E-state index in [0.29, 0.717) is 18.3 Å². The van der Waals surface area contributed by atoms with Crippen LogP contribution in [-0.2, 0) is 0 Å². The van der Waals surface area contributed by atoms with Gasteiger partial charge in [0.05, 0.1) is 12.1 Å². The molecule has 0 amide bonds. The molecule has 0 spiro atoms. The first-order chi connectivity index (χ1) is 6.52. The van der Waals surface area contributed by atoms with Crippen molar-refractivity contribution < 1.29 is 5.11 Å². The van der Waals surface area contributed by atoms with E-state index in [9.17, 15) is 5.11 Å². The van der Waals surface area contributed by atoms with Crippen LogP contribution in [0.5, 0.6) is 0 Å². The van der Waals surface area contributed by atoms with E-state index < -0.39 is 5.60 Å². The van der Waals surface area contributed by atoms with Crippen molar-refractivity contribution in [1.29, 1.82) is 0 Å². The molecule has 5 heteroatoms. The van der Waals surface area contributed by atoms with Gasteiger partial charge in [-0.05, 0) is 19.6 Å². The van der Waals surface area contributed by atoms with Crippen LogP contribution in [0.3, 0.4) is 0 Å². The molecule has 0 aliphatic carbocycles. The zero-order valence-corrected chi connectivity index (χ0v) is 10.0. The van der Waals surface area contributed by atoms with Crippen molar-refractivity contribution in [3.8, 4) is 0 Å². The summed E-state index contributed by atoms with van der Waals surface area (Å²) in [5, 5.41) is 12.7. The number of hydrogen-bond donors (Lipinski definition) is 3. The molecule has 0 rings (SSSR count). The molecule has 84 valence electrons. The van der Waals surface area contributed by atoms with E-state index in [-0.39, 0.29) is 0 Å². The second-order valence-electron chi connectivity index (χ2n) is 3.56. The Balaban J connectivity index is 3.87. The standard InChI is InChI=1S/C9H21N3OS/c1-4-5-11-8(10)12-6-9(2,13)7-14-3/h13H,4-7H2,1-3H3,(H3,10,11,12). The summed E-state index contributed by atoms with van der Waals surface area (Å²) in [6, 6.07) is 0. The third-order valence-electron chi connectivity index (χ3n) is 1.60. The second-order valence-corrected chi connectivity index (χ2v) is 4.42. The van der Waals surface area contributed by atoms with Crippen molar-refractivity contribution in [3.05, 3.63) is 0 Å². The van der Waals surface area contributed by atoms with E-state index in [1.165, 1.54) is 0 Å². The predicted molar refractivity (Wildman–Crippen MR) is 63.8 cm³/mol. The van der Waals surface area contributed by atoms with Crippen LogP contribution in [0.2, 0.25) is 0 Å². The first kappa shape index (κ1) is 13.6. The van der Waals surface area contributed by atoms with Crippen LogP contribution in [0.1, 0.15) is 20.3 Å². The highest BCUT2D eigenvalue weighted by Gasteiger charge is 2.18. The second kappa shape index (κ2) is 6.95. The minimum absolute atomic E-state index is 0.344. The molecule has 4 N–H and O–H groups in total. The van der Waals surface area contributed by atoms with Gasteiger partial charge in [-0.25, -0.2) is 0 Å². The summed E-state index contributed by atoms with van der Waals surface area (Å²) in [5.41, 5.74) is 4.82. The van der Waals surface area contributed by atoms with Crippen LogP contribution in [0.4, 0.5) is 0 Å². The minimum atomic E-state index is -0.766. The Morgan fingerprint density at radius 2 is 2.29 bits per heavy atom. The van der Waals surface area contributed by atoms with Crippen molar-refractivity contribution in [3.63, 3.8) is 0 Å². The maximum Gasteiger partial charge on any atom is 0.188 e. The smallest absolute Gasteiger partial charge is 0.188 e. The lowest BCUT2D eigenvalue weighted by Gasteiger charge is -2.19. The number of guanidine groups is 1. The lowest BCUT2D eigenvalue weighted by Crippen LogP contribution is -2.36. The van der Waals surface area contributed by atoms with Crippen LogP contribution in [0.15, 0.2) is 4.99 Å². The number of aliphatic hydroxyl groups is 1. The number of aliphatic imine (C=N–C) groups is 1. The van der Waals surface area contributed by atoms with Crippen molar-refractivity contribution in [1.82, 2.24) is 5.32 Å². The van der Waals surface area contributed by atoms with E-state index in [1.807, 2.05) is 6.26 Å². The highest BCUT2D eigenvalue weighted by atomic mass is 32.2. The summed E-state index contributed by atoms with van der Waals surface area (Å²) < 4.78 is 0. The van der Waals surface area contributed by atoms with Crippen LogP contribution < -0.4 is 11.1 Å². The molecule has 1 atom stereocenters. The molecule has 1 unspecified atom stereocenters. The number of hydrogen-bond acceptors (Lipinski definition) is 3. The Morgan fingerprint density at radius 3 is 2.79 bits per heavy atom. The van der Waals surface area contributed by atoms with E-state index in [4.69, 9.17) is 5.73 Å². The van der Waals surface area contributed by atoms with Gasteiger partial charge in [-0.2, -0.15) is 11.8 Å². The summed E-state index contributed by atoms with van der Waals surface area (Å²) in [7, 11) is 0. The molecule has 0 aromatic carbocycles. The van der Waals surface area contributed by atoms with Crippen LogP contribution >= 0.6 is 11.8 Å². The van der Waals surface area contributed by atoms with Crippen molar-refractivity contribution in [2.24, 2.45) is 10.7 Å². The molecule has 0 fully saturated rings. The molecule has 0 saturated heterocycles. The zero-order chi connectivity index (χ0) is 11.0. The fourth-order valence-electron chi connectivity index (χ4n) is 0.921. The summed E-state index contributed by atoms with van der Waals surface area (Å²) in [4.78, 5) is 4.07. The molecule has 0 aromatic rings. The van der Waals surface area contributed by atoms with Crippen molar-refractivity contribution in [2.75, 3.05) is 25.1 Å². The Labute approximate surface area is 90.4 Å². The molecule has 0 heterocycles. The van der Waals surface area contributed by atoms with Gasteiger partial charge >= 0.3 is 0 Å². The van der Waals surface area contributed by atoms with E-state index in [2.05, 4.69) is 17.2 Å². The Bertz CT molecular complexity index is 183. The molecule has 4 nitrogen and oxygen atoms in total. The highest BCUT2D eigenvalue weighted by molar-refractivity contribution is 7.98. The van der Waals surface area contributed by atoms with Crippen LogP contribution in [0, 0.1) is 0 Å². The highest BCUT2D eigenvalue weighted by Crippen LogP contribution is 2.10. The van der Waals surface area contributed by atoms with E-state index in [1.54, 1.807) is 18.7 Å². The normalized spacial score (nSPS) is 16.4. The summed E-state index contributed by atoms with van der Waals surface area (Å²) >= 11 is 1.60. The summed E-state index contributed by atoms with van der Waals surface area (Å²) in [6.07, 6.45) is 2.97. The van der Waals surface area contributed by atoms with Gasteiger partial charge in [0.2, 0.25) is 0 Å². The SMILES string of the molecule is CCCNC(N)=NCC(C)(O)CSC. The fraction of sp³-hybridized carbons (Fsp3) is 0.889. The number of nitrogens with one attached hydrogen (secondary N) is 1. The third kappa shape index (κ3) is 7.03. The van der Waals surface area contributed by atoms with Gasteiger partial charge in [-0.1, -0.05) is 6.92 Å². The Hall–Kier alpha value is -0.420.